The Morgan fingerprint density at radius 2 is 2.13 bits per heavy atom. The molecule has 0 aliphatic heterocycles. The molecule has 1 heterocycles. The molecule has 0 radical (unpaired) electrons. The maximum absolute atomic E-state index is 10.8. The van der Waals surface area contributed by atoms with Crippen LogP contribution >= 0.6 is 0 Å². The van der Waals surface area contributed by atoms with Crippen LogP contribution in [0, 0.1) is 5.92 Å². The molecule has 5 nitrogen and oxygen atoms in total. The lowest BCUT2D eigenvalue weighted by atomic mass is 9.98. The predicted octanol–water partition coefficient (Wildman–Crippen LogP) is 2.60. The van der Waals surface area contributed by atoms with E-state index in [1.165, 1.54) is 4.90 Å². The molecule has 1 fully saturated rings. The van der Waals surface area contributed by atoms with Crippen LogP contribution in [-0.2, 0) is 4.79 Å². The first-order chi connectivity index (χ1) is 11.2. The van der Waals surface area contributed by atoms with Crippen LogP contribution in [0.5, 0.6) is 0 Å². The van der Waals surface area contributed by atoms with Crippen molar-refractivity contribution < 1.29 is 4.79 Å². The fourth-order valence-corrected chi connectivity index (χ4v) is 2.59. The quantitative estimate of drug-likeness (QED) is 0.524. The van der Waals surface area contributed by atoms with Crippen LogP contribution < -0.4 is 5.73 Å². The monoisotopic (exact) mass is 308 g/mol. The average molecular weight is 308 g/mol. The Morgan fingerprint density at radius 1 is 1.35 bits per heavy atom. The third kappa shape index (κ3) is 3.56. The molecule has 118 valence electrons. The highest BCUT2D eigenvalue weighted by atomic mass is 16.1. The number of guanidine groups is 1. The third-order valence-corrected chi connectivity index (χ3v) is 4.08. The molecule has 0 bridgehead atoms. The van der Waals surface area contributed by atoms with Gasteiger partial charge in [-0.15, -0.1) is 0 Å². The fraction of sp³-hybridized carbons (Fsp3) is 0.278. The smallest absolute Gasteiger partial charge is 0.216 e. The molecule has 1 saturated carbocycles. The van der Waals surface area contributed by atoms with Gasteiger partial charge in [-0.1, -0.05) is 24.3 Å². The van der Waals surface area contributed by atoms with Gasteiger partial charge < -0.3 is 5.73 Å². The van der Waals surface area contributed by atoms with Crippen LogP contribution in [0.4, 0.5) is 0 Å². The highest BCUT2D eigenvalue weighted by Gasteiger charge is 2.32. The molecule has 0 unspecified atom stereocenters. The molecule has 2 aromatic rings. The van der Waals surface area contributed by atoms with E-state index in [2.05, 4.69) is 28.2 Å². The molecule has 1 aromatic heterocycles. The number of aliphatic imine (C=N–C) groups is 1. The van der Waals surface area contributed by atoms with Crippen molar-refractivity contribution in [1.82, 2.24) is 9.88 Å². The Kier molecular flexibility index (Phi) is 4.37. The van der Waals surface area contributed by atoms with E-state index < -0.39 is 0 Å². The summed E-state index contributed by atoms with van der Waals surface area (Å²) in [4.78, 5) is 20.9. The second-order valence-electron chi connectivity index (χ2n) is 5.85. The summed E-state index contributed by atoms with van der Waals surface area (Å²) >= 11 is 0. The highest BCUT2D eigenvalue weighted by Crippen LogP contribution is 2.44. The van der Waals surface area contributed by atoms with E-state index in [9.17, 15) is 4.79 Å². The van der Waals surface area contributed by atoms with Gasteiger partial charge in [0.2, 0.25) is 6.41 Å². The molecule has 2 N–H and O–H groups in total. The highest BCUT2D eigenvalue weighted by molar-refractivity contribution is 5.87. The lowest BCUT2D eigenvalue weighted by Gasteiger charge is -2.17. The first-order valence-electron chi connectivity index (χ1n) is 7.71. The van der Waals surface area contributed by atoms with Crippen molar-refractivity contribution in [3.63, 3.8) is 0 Å². The molecule has 3 rings (SSSR count). The number of nitrogens with zero attached hydrogens (tertiary/aromatic N) is 3. The normalized spacial score (nSPS) is 16.0. The van der Waals surface area contributed by atoms with Gasteiger partial charge in [-0.05, 0) is 47.6 Å². The zero-order valence-electron chi connectivity index (χ0n) is 13.1. The molecule has 1 amide bonds. The van der Waals surface area contributed by atoms with E-state index in [-0.39, 0.29) is 12.0 Å². The summed E-state index contributed by atoms with van der Waals surface area (Å²) in [5.41, 5.74) is 9.22. The number of hydrogen-bond acceptors (Lipinski definition) is 3. The minimum absolute atomic E-state index is 0.00554. The molecule has 0 spiro atoms. The molecular formula is C18H20N4O. The zero-order chi connectivity index (χ0) is 16.2. The van der Waals surface area contributed by atoms with Gasteiger partial charge in [-0.3, -0.25) is 14.7 Å². The Bertz CT molecular complexity index is 710. The van der Waals surface area contributed by atoms with Gasteiger partial charge in [-0.25, -0.2) is 4.99 Å². The SMILES string of the molecule is CN(C=O)C(N)=N[C@H](c1cccc(-c2cccnc2)c1)C1CC1. The van der Waals surface area contributed by atoms with Gasteiger partial charge >= 0.3 is 0 Å². The van der Waals surface area contributed by atoms with Gasteiger partial charge in [-0.2, -0.15) is 0 Å². The summed E-state index contributed by atoms with van der Waals surface area (Å²) in [6.07, 6.45) is 6.57. The molecule has 1 aliphatic rings. The maximum atomic E-state index is 10.8. The lowest BCUT2D eigenvalue weighted by Crippen LogP contribution is -2.33. The molecule has 0 saturated heterocycles. The van der Waals surface area contributed by atoms with Crippen molar-refractivity contribution >= 4 is 12.4 Å². The minimum Gasteiger partial charge on any atom is -0.369 e. The number of benzene rings is 1. The summed E-state index contributed by atoms with van der Waals surface area (Å²) < 4.78 is 0. The number of carbonyl (C=O) groups excluding carboxylic acids is 1. The van der Waals surface area contributed by atoms with E-state index >= 15 is 0 Å². The number of rotatable bonds is 5. The van der Waals surface area contributed by atoms with E-state index in [1.54, 1.807) is 13.2 Å². The molecule has 23 heavy (non-hydrogen) atoms. The number of carbonyl (C=O) groups is 1. The third-order valence-electron chi connectivity index (χ3n) is 4.08. The van der Waals surface area contributed by atoms with Crippen LogP contribution in [-0.4, -0.2) is 29.3 Å². The number of nitrogens with two attached hydrogens (primary N) is 1. The van der Waals surface area contributed by atoms with E-state index in [0.717, 1.165) is 29.5 Å². The summed E-state index contributed by atoms with van der Waals surface area (Å²) in [5, 5.41) is 0. The van der Waals surface area contributed by atoms with Crippen molar-refractivity contribution in [2.75, 3.05) is 7.05 Å². The summed E-state index contributed by atoms with van der Waals surface area (Å²) in [6, 6.07) is 12.3. The Hall–Kier alpha value is -2.69. The van der Waals surface area contributed by atoms with Gasteiger partial charge in [0, 0.05) is 19.4 Å². The number of pyridine rings is 1. The summed E-state index contributed by atoms with van der Waals surface area (Å²) in [6.45, 7) is 0. The van der Waals surface area contributed by atoms with Gasteiger partial charge in [0.05, 0.1) is 6.04 Å². The molecule has 5 heteroatoms. The number of hydrogen-bond donors (Lipinski definition) is 1. The molecule has 1 aromatic carbocycles. The topological polar surface area (TPSA) is 71.6 Å². The zero-order valence-corrected chi connectivity index (χ0v) is 13.1. The van der Waals surface area contributed by atoms with Crippen molar-refractivity contribution in [2.45, 2.75) is 18.9 Å². The Labute approximate surface area is 135 Å². The number of aromatic nitrogens is 1. The van der Waals surface area contributed by atoms with Crippen molar-refractivity contribution in [3.8, 4) is 11.1 Å². The Balaban J connectivity index is 1.93. The van der Waals surface area contributed by atoms with Crippen molar-refractivity contribution in [3.05, 3.63) is 54.4 Å². The van der Waals surface area contributed by atoms with Gasteiger partial charge in [0.15, 0.2) is 5.96 Å². The van der Waals surface area contributed by atoms with E-state index in [1.807, 2.05) is 24.4 Å². The van der Waals surface area contributed by atoms with Gasteiger partial charge in [0.25, 0.3) is 0 Å². The Morgan fingerprint density at radius 3 is 2.78 bits per heavy atom. The fourth-order valence-electron chi connectivity index (χ4n) is 2.59. The molecule has 1 aliphatic carbocycles. The second kappa shape index (κ2) is 6.60. The number of amides is 1. The van der Waals surface area contributed by atoms with Crippen LogP contribution in [0.1, 0.15) is 24.4 Å². The first-order valence-corrected chi connectivity index (χ1v) is 7.71. The van der Waals surface area contributed by atoms with Crippen molar-refractivity contribution in [2.24, 2.45) is 16.6 Å². The predicted molar refractivity (Wildman–Crippen MR) is 90.6 cm³/mol. The lowest BCUT2D eigenvalue weighted by molar-refractivity contribution is -0.114. The standard InChI is InChI=1S/C18H20N4O/c1-22(12-23)18(19)21-17(13-7-8-13)15-5-2-4-14(10-15)16-6-3-9-20-11-16/h2-6,9-13,17H,7-8H2,1H3,(H2,19,21)/t17-/m0/s1. The van der Waals surface area contributed by atoms with Gasteiger partial charge in [0.1, 0.15) is 0 Å². The molecule has 1 atom stereocenters. The van der Waals surface area contributed by atoms with Crippen LogP contribution in [0.3, 0.4) is 0 Å². The van der Waals surface area contributed by atoms with E-state index in [0.29, 0.717) is 12.3 Å². The largest absolute Gasteiger partial charge is 0.369 e. The first kappa shape index (κ1) is 15.2. The van der Waals surface area contributed by atoms with E-state index in [4.69, 9.17) is 5.73 Å². The van der Waals surface area contributed by atoms with Crippen LogP contribution in [0.15, 0.2) is 53.8 Å². The minimum atomic E-state index is -0.00554. The summed E-state index contributed by atoms with van der Waals surface area (Å²) in [5.74, 6) is 0.751. The summed E-state index contributed by atoms with van der Waals surface area (Å²) in [7, 11) is 1.61. The average Bonchev–Trinajstić information content (AvgIpc) is 3.44. The van der Waals surface area contributed by atoms with Crippen LogP contribution in [0.25, 0.3) is 11.1 Å². The second-order valence-corrected chi connectivity index (χ2v) is 5.85. The van der Waals surface area contributed by atoms with Crippen LogP contribution in [0.2, 0.25) is 0 Å². The maximum Gasteiger partial charge on any atom is 0.216 e. The van der Waals surface area contributed by atoms with Crippen molar-refractivity contribution in [1.29, 1.82) is 0 Å². The molecular weight excluding hydrogens is 288 g/mol.